The van der Waals surface area contributed by atoms with Crippen molar-refractivity contribution in [1.29, 1.82) is 0 Å². The molecular formula is C14H20N3O5P. The predicted molar refractivity (Wildman–Crippen MR) is 86.3 cm³/mol. The first-order chi connectivity index (χ1) is 10.7. The van der Waals surface area contributed by atoms with E-state index in [1.165, 1.54) is 16.8 Å². The minimum absolute atomic E-state index is 0.213. The van der Waals surface area contributed by atoms with Crippen molar-refractivity contribution in [1.82, 2.24) is 0 Å². The largest absolute Gasteiger partial charge is 0.504 e. The average Bonchev–Trinajstić information content (AvgIpc) is 2.43. The summed E-state index contributed by atoms with van der Waals surface area (Å²) in [4.78, 5) is 11.1. The average molecular weight is 341 g/mol. The van der Waals surface area contributed by atoms with E-state index in [1.54, 1.807) is 0 Å². The van der Waals surface area contributed by atoms with E-state index in [-0.39, 0.29) is 17.5 Å². The number of nitrogens with two attached hydrogens (primary N) is 2. The van der Waals surface area contributed by atoms with Crippen molar-refractivity contribution in [2.75, 3.05) is 4.67 Å². The Hall–Kier alpha value is -2.02. The lowest BCUT2D eigenvalue weighted by atomic mass is 10.0. The Morgan fingerprint density at radius 1 is 1.35 bits per heavy atom. The number of esters is 1. The lowest BCUT2D eigenvalue weighted by Crippen LogP contribution is -2.38. The molecule has 1 aliphatic carbocycles. The Morgan fingerprint density at radius 3 is 2.57 bits per heavy atom. The van der Waals surface area contributed by atoms with E-state index < -0.39 is 25.1 Å². The van der Waals surface area contributed by atoms with Gasteiger partial charge < -0.3 is 14.9 Å². The number of ether oxygens (including phenoxy) is 1. The Labute approximate surface area is 133 Å². The minimum atomic E-state index is -3.69. The highest BCUT2D eigenvalue weighted by Crippen LogP contribution is 2.47. The summed E-state index contributed by atoms with van der Waals surface area (Å²) in [6.45, 7) is 1.16. The number of nitrogens with zero attached hydrogens (tertiary/aromatic N) is 1. The molecule has 1 aromatic rings. The fourth-order valence-electron chi connectivity index (χ4n) is 2.59. The molecule has 0 fully saturated rings. The number of anilines is 1. The highest BCUT2D eigenvalue weighted by molar-refractivity contribution is 7.60. The molecular weight excluding hydrogens is 321 g/mol. The van der Waals surface area contributed by atoms with E-state index >= 15 is 0 Å². The van der Waals surface area contributed by atoms with Crippen LogP contribution in [0, 0.1) is 0 Å². The Bertz CT molecular complexity index is 685. The van der Waals surface area contributed by atoms with Gasteiger partial charge in [-0.05, 0) is 19.3 Å². The highest BCUT2D eigenvalue weighted by Gasteiger charge is 2.31. The van der Waals surface area contributed by atoms with Crippen molar-refractivity contribution in [2.45, 2.75) is 32.2 Å². The van der Waals surface area contributed by atoms with Crippen LogP contribution in [0.5, 0.6) is 17.2 Å². The van der Waals surface area contributed by atoms with Crippen LogP contribution in [0.1, 0.15) is 26.2 Å². The lowest BCUT2D eigenvalue weighted by molar-refractivity contribution is -0.132. The topological polar surface area (TPSA) is 139 Å². The standard InChI is InChI=1S/C14H20N3O5P/c1-9(18)22-13-8-11(7-12(19)14(13)20)17(23(15,16)21)10-5-3-2-4-6-10/h2-3,7-8,10,19-20H,4-6H2,1H3,(H4,15,16,21). The van der Waals surface area contributed by atoms with Gasteiger partial charge in [0.2, 0.25) is 5.75 Å². The predicted octanol–water partition coefficient (Wildman–Crippen LogP) is 1.96. The van der Waals surface area contributed by atoms with Crippen LogP contribution in [0.15, 0.2) is 24.3 Å². The normalized spacial score (nSPS) is 17.8. The lowest BCUT2D eigenvalue weighted by Gasteiger charge is -2.36. The first-order valence-corrected chi connectivity index (χ1v) is 8.86. The molecule has 9 heteroatoms. The molecule has 1 aromatic carbocycles. The molecule has 0 saturated carbocycles. The summed E-state index contributed by atoms with van der Waals surface area (Å²) in [5.41, 5.74) is 11.5. The smallest absolute Gasteiger partial charge is 0.308 e. The van der Waals surface area contributed by atoms with Gasteiger partial charge in [-0.1, -0.05) is 12.2 Å². The van der Waals surface area contributed by atoms with Crippen LogP contribution in [0.4, 0.5) is 5.69 Å². The van der Waals surface area contributed by atoms with E-state index in [4.69, 9.17) is 15.7 Å². The zero-order valence-electron chi connectivity index (χ0n) is 12.7. The summed E-state index contributed by atoms with van der Waals surface area (Å²) in [6, 6.07) is 2.24. The van der Waals surface area contributed by atoms with Gasteiger partial charge in [0.25, 0.3) is 0 Å². The number of carbonyl (C=O) groups excluding carboxylic acids is 1. The second kappa shape index (κ2) is 6.62. The maximum atomic E-state index is 12.3. The van der Waals surface area contributed by atoms with Gasteiger partial charge in [0, 0.05) is 25.1 Å². The van der Waals surface area contributed by atoms with Gasteiger partial charge in [-0.25, -0.2) is 0 Å². The quantitative estimate of drug-likeness (QED) is 0.214. The van der Waals surface area contributed by atoms with Crippen LogP contribution in [0.25, 0.3) is 0 Å². The Morgan fingerprint density at radius 2 is 2.04 bits per heavy atom. The van der Waals surface area contributed by atoms with Crippen LogP contribution in [-0.2, 0) is 9.36 Å². The Kier molecular flexibility index (Phi) is 4.99. The zero-order valence-corrected chi connectivity index (χ0v) is 13.6. The van der Waals surface area contributed by atoms with Gasteiger partial charge in [-0.15, -0.1) is 0 Å². The fraction of sp³-hybridized carbons (Fsp3) is 0.357. The van der Waals surface area contributed by atoms with Crippen molar-refractivity contribution >= 4 is 19.3 Å². The zero-order chi connectivity index (χ0) is 17.2. The number of phenols is 2. The molecule has 1 atom stereocenters. The summed E-state index contributed by atoms with van der Waals surface area (Å²) in [7, 11) is -3.69. The molecule has 23 heavy (non-hydrogen) atoms. The van der Waals surface area contributed by atoms with Gasteiger partial charge >= 0.3 is 13.6 Å². The number of carbonyl (C=O) groups is 1. The van der Waals surface area contributed by atoms with Crippen LogP contribution in [-0.4, -0.2) is 22.2 Å². The van der Waals surface area contributed by atoms with Gasteiger partial charge in [0.05, 0.1) is 5.69 Å². The second-order valence-corrected chi connectivity index (χ2v) is 7.14. The molecule has 1 aliphatic rings. The van der Waals surface area contributed by atoms with Crippen molar-refractivity contribution in [3.05, 3.63) is 24.3 Å². The van der Waals surface area contributed by atoms with E-state index in [0.29, 0.717) is 12.8 Å². The van der Waals surface area contributed by atoms with Crippen molar-refractivity contribution < 1.29 is 24.3 Å². The van der Waals surface area contributed by atoms with E-state index in [2.05, 4.69) is 0 Å². The molecule has 8 nitrogen and oxygen atoms in total. The molecule has 0 aliphatic heterocycles. The number of allylic oxidation sites excluding steroid dienone is 1. The highest BCUT2D eigenvalue weighted by atomic mass is 31.2. The molecule has 0 amide bonds. The molecule has 0 bridgehead atoms. The molecule has 0 spiro atoms. The van der Waals surface area contributed by atoms with E-state index in [0.717, 1.165) is 13.3 Å². The number of phenolic OH excluding ortho intramolecular Hbond substituents is 2. The van der Waals surface area contributed by atoms with Crippen LogP contribution in [0.3, 0.4) is 0 Å². The number of hydrogen-bond acceptors (Lipinski definition) is 5. The van der Waals surface area contributed by atoms with Crippen molar-refractivity contribution in [2.24, 2.45) is 11.0 Å². The minimum Gasteiger partial charge on any atom is -0.504 e. The molecule has 1 unspecified atom stereocenters. The molecule has 0 aromatic heterocycles. The van der Waals surface area contributed by atoms with Gasteiger partial charge in [-0.2, -0.15) is 0 Å². The Balaban J connectivity index is 2.50. The maximum Gasteiger partial charge on any atom is 0.308 e. The molecule has 0 heterocycles. The number of hydrogen-bond donors (Lipinski definition) is 4. The SMILES string of the molecule is CC(=O)Oc1cc(N(C2CC=CCC2)P(N)(N)=O)cc(O)c1O. The van der Waals surface area contributed by atoms with E-state index in [9.17, 15) is 19.6 Å². The van der Waals surface area contributed by atoms with E-state index in [1.807, 2.05) is 12.2 Å². The third kappa shape index (κ3) is 4.04. The van der Waals surface area contributed by atoms with Crippen LogP contribution >= 0.6 is 7.59 Å². The molecule has 126 valence electrons. The first-order valence-electron chi connectivity index (χ1n) is 7.06. The summed E-state index contributed by atoms with van der Waals surface area (Å²) >= 11 is 0. The fourth-order valence-corrected chi connectivity index (χ4v) is 3.79. The second-order valence-electron chi connectivity index (χ2n) is 5.36. The van der Waals surface area contributed by atoms with Gasteiger partial charge in [0.15, 0.2) is 11.5 Å². The van der Waals surface area contributed by atoms with Crippen molar-refractivity contribution in [3.63, 3.8) is 0 Å². The van der Waals surface area contributed by atoms with Crippen LogP contribution < -0.4 is 20.4 Å². The summed E-state index contributed by atoms with van der Waals surface area (Å²) in [5, 5.41) is 19.6. The summed E-state index contributed by atoms with van der Waals surface area (Å²) in [6.07, 6.45) is 5.99. The third-order valence-electron chi connectivity index (χ3n) is 3.48. The molecule has 2 rings (SSSR count). The van der Waals surface area contributed by atoms with Gasteiger partial charge in [-0.3, -0.25) is 25.0 Å². The number of rotatable bonds is 4. The monoisotopic (exact) mass is 341 g/mol. The number of benzene rings is 1. The number of aromatic hydroxyl groups is 2. The maximum absolute atomic E-state index is 12.3. The summed E-state index contributed by atoms with van der Waals surface area (Å²) < 4.78 is 18.5. The first kappa shape index (κ1) is 17.3. The van der Waals surface area contributed by atoms with Crippen molar-refractivity contribution in [3.8, 4) is 17.2 Å². The van der Waals surface area contributed by atoms with Crippen LogP contribution in [0.2, 0.25) is 0 Å². The molecule has 0 radical (unpaired) electrons. The molecule has 6 N–H and O–H groups in total. The van der Waals surface area contributed by atoms with Gasteiger partial charge in [0.1, 0.15) is 0 Å². The molecule has 0 saturated heterocycles. The summed E-state index contributed by atoms with van der Waals surface area (Å²) in [5.74, 6) is -2.04. The third-order valence-corrected chi connectivity index (χ3v) is 4.71.